The molecular formula is C19H23N3O7S. The first kappa shape index (κ1) is 21.9. The lowest BCUT2D eigenvalue weighted by atomic mass is 10.2. The SMILES string of the molecule is Cc1noc(C)c1C(=O)O[C@@H](C)C(=O)Nc1ccc(S(=O)(=O)N2CCOCC2)cc1. The van der Waals surface area contributed by atoms with E-state index >= 15 is 0 Å². The summed E-state index contributed by atoms with van der Waals surface area (Å²) in [6.07, 6.45) is -1.08. The minimum Gasteiger partial charge on any atom is -0.449 e. The Balaban J connectivity index is 1.62. The number of hydrogen-bond acceptors (Lipinski definition) is 8. The van der Waals surface area contributed by atoms with Crippen LogP contribution in [-0.4, -0.2) is 62.2 Å². The van der Waals surface area contributed by atoms with Gasteiger partial charge in [0.05, 0.1) is 23.8 Å². The van der Waals surface area contributed by atoms with Crippen LogP contribution in [0, 0.1) is 13.8 Å². The maximum atomic E-state index is 12.6. The van der Waals surface area contributed by atoms with Crippen molar-refractivity contribution in [2.45, 2.75) is 31.8 Å². The molecular weight excluding hydrogens is 414 g/mol. The Hall–Kier alpha value is -2.76. The van der Waals surface area contributed by atoms with Crippen LogP contribution in [0.3, 0.4) is 0 Å². The van der Waals surface area contributed by atoms with Gasteiger partial charge in [0.25, 0.3) is 5.91 Å². The van der Waals surface area contributed by atoms with E-state index in [0.717, 1.165) is 0 Å². The van der Waals surface area contributed by atoms with Crippen LogP contribution in [0.25, 0.3) is 0 Å². The van der Waals surface area contributed by atoms with Gasteiger partial charge in [-0.05, 0) is 45.0 Å². The van der Waals surface area contributed by atoms with Gasteiger partial charge in [-0.25, -0.2) is 13.2 Å². The fraction of sp³-hybridized carbons (Fsp3) is 0.421. The predicted octanol–water partition coefficient (Wildman–Crippen LogP) is 1.50. The van der Waals surface area contributed by atoms with Crippen molar-refractivity contribution in [3.05, 3.63) is 41.3 Å². The molecule has 11 heteroatoms. The molecule has 1 fully saturated rings. The van der Waals surface area contributed by atoms with Gasteiger partial charge in [0.15, 0.2) is 6.10 Å². The van der Waals surface area contributed by atoms with Crippen molar-refractivity contribution in [1.29, 1.82) is 0 Å². The number of aromatic nitrogens is 1. The predicted molar refractivity (Wildman–Crippen MR) is 106 cm³/mol. The fourth-order valence-electron chi connectivity index (χ4n) is 2.94. The summed E-state index contributed by atoms with van der Waals surface area (Å²) in [5.74, 6) is -0.957. The second-order valence-corrected chi connectivity index (χ2v) is 8.71. The number of rotatable bonds is 6. The number of sulfonamides is 1. The lowest BCUT2D eigenvalue weighted by Gasteiger charge is -2.26. The standard InChI is InChI=1S/C19H23N3O7S/c1-12-17(13(2)29-21-12)19(24)28-14(3)18(23)20-15-4-6-16(7-5-15)30(25,26)22-8-10-27-11-9-22/h4-7,14H,8-11H2,1-3H3,(H,20,23)/t14-/m0/s1. The van der Waals surface area contributed by atoms with Crippen molar-refractivity contribution in [3.8, 4) is 0 Å². The minimum atomic E-state index is -3.62. The van der Waals surface area contributed by atoms with E-state index in [0.29, 0.717) is 43.4 Å². The van der Waals surface area contributed by atoms with Crippen LogP contribution < -0.4 is 5.32 Å². The molecule has 1 saturated heterocycles. The molecule has 0 radical (unpaired) electrons. The number of amides is 1. The van der Waals surface area contributed by atoms with Crippen molar-refractivity contribution >= 4 is 27.6 Å². The van der Waals surface area contributed by atoms with Gasteiger partial charge in [-0.1, -0.05) is 5.16 Å². The monoisotopic (exact) mass is 437 g/mol. The van der Waals surface area contributed by atoms with Gasteiger partial charge in [0.2, 0.25) is 10.0 Å². The van der Waals surface area contributed by atoms with Crippen LogP contribution in [0.4, 0.5) is 5.69 Å². The molecule has 3 rings (SSSR count). The Kier molecular flexibility index (Phi) is 6.54. The number of carbonyl (C=O) groups is 2. The molecule has 0 spiro atoms. The first-order valence-corrected chi connectivity index (χ1v) is 10.8. The van der Waals surface area contributed by atoms with Crippen LogP contribution in [0.2, 0.25) is 0 Å². The topological polar surface area (TPSA) is 128 Å². The quantitative estimate of drug-likeness (QED) is 0.674. The van der Waals surface area contributed by atoms with E-state index in [2.05, 4.69) is 10.5 Å². The molecule has 0 unspecified atom stereocenters. The number of morpholine rings is 1. The first-order valence-electron chi connectivity index (χ1n) is 9.33. The average molecular weight is 437 g/mol. The van der Waals surface area contributed by atoms with Gasteiger partial charge in [0, 0.05) is 18.8 Å². The van der Waals surface area contributed by atoms with E-state index in [1.165, 1.54) is 35.5 Å². The van der Waals surface area contributed by atoms with E-state index in [-0.39, 0.29) is 10.5 Å². The summed E-state index contributed by atoms with van der Waals surface area (Å²) in [4.78, 5) is 24.7. The zero-order valence-corrected chi connectivity index (χ0v) is 17.7. The molecule has 10 nitrogen and oxygen atoms in total. The molecule has 1 aliphatic rings. The number of aryl methyl sites for hydroxylation is 2. The highest BCUT2D eigenvalue weighted by Gasteiger charge is 2.27. The van der Waals surface area contributed by atoms with E-state index in [1.807, 2.05) is 0 Å². The van der Waals surface area contributed by atoms with Gasteiger partial charge in [-0.3, -0.25) is 4.79 Å². The van der Waals surface area contributed by atoms with Gasteiger partial charge >= 0.3 is 5.97 Å². The third kappa shape index (κ3) is 4.69. The van der Waals surface area contributed by atoms with Crippen LogP contribution in [0.1, 0.15) is 28.7 Å². The zero-order chi connectivity index (χ0) is 21.9. The van der Waals surface area contributed by atoms with Gasteiger partial charge < -0.3 is 19.3 Å². The van der Waals surface area contributed by atoms with Crippen molar-refractivity contribution in [3.63, 3.8) is 0 Å². The largest absolute Gasteiger partial charge is 0.449 e. The van der Waals surface area contributed by atoms with Gasteiger partial charge in [-0.15, -0.1) is 0 Å². The molecule has 1 aromatic carbocycles. The summed E-state index contributed by atoms with van der Waals surface area (Å²) in [6.45, 7) is 5.93. The maximum Gasteiger partial charge on any atom is 0.344 e. The number of nitrogens with zero attached hydrogens (tertiary/aromatic N) is 2. The lowest BCUT2D eigenvalue weighted by Crippen LogP contribution is -2.40. The molecule has 162 valence electrons. The summed E-state index contributed by atoms with van der Waals surface area (Å²) in [5.41, 5.74) is 0.940. The number of carbonyl (C=O) groups excluding carboxylic acids is 2. The number of anilines is 1. The van der Waals surface area contributed by atoms with Gasteiger partial charge in [-0.2, -0.15) is 4.31 Å². The molecule has 0 aliphatic carbocycles. The fourth-order valence-corrected chi connectivity index (χ4v) is 4.35. The normalized spacial score (nSPS) is 16.1. The van der Waals surface area contributed by atoms with Crippen molar-refractivity contribution in [1.82, 2.24) is 9.46 Å². The molecule has 0 bridgehead atoms. The van der Waals surface area contributed by atoms with E-state index in [4.69, 9.17) is 14.0 Å². The summed E-state index contributed by atoms with van der Waals surface area (Å²) in [5, 5.41) is 6.28. The summed E-state index contributed by atoms with van der Waals surface area (Å²) >= 11 is 0. The highest BCUT2D eigenvalue weighted by Crippen LogP contribution is 2.20. The third-order valence-electron chi connectivity index (χ3n) is 4.62. The Labute approximate surface area is 174 Å². The summed E-state index contributed by atoms with van der Waals surface area (Å²) in [7, 11) is -3.62. The Bertz CT molecular complexity index is 1010. The molecule has 1 N–H and O–H groups in total. The number of nitrogens with one attached hydrogen (secondary N) is 1. The second kappa shape index (κ2) is 8.94. The van der Waals surface area contributed by atoms with Crippen LogP contribution >= 0.6 is 0 Å². The third-order valence-corrected chi connectivity index (χ3v) is 6.53. The number of benzene rings is 1. The Morgan fingerprint density at radius 1 is 1.17 bits per heavy atom. The average Bonchev–Trinajstić information content (AvgIpc) is 3.07. The van der Waals surface area contributed by atoms with Crippen molar-refractivity contribution < 1.29 is 32.0 Å². The second-order valence-electron chi connectivity index (χ2n) is 6.78. The molecule has 30 heavy (non-hydrogen) atoms. The Morgan fingerprint density at radius 2 is 1.80 bits per heavy atom. The molecule has 1 amide bonds. The number of esters is 1. The van der Waals surface area contributed by atoms with E-state index in [9.17, 15) is 18.0 Å². The van der Waals surface area contributed by atoms with E-state index in [1.54, 1.807) is 13.8 Å². The van der Waals surface area contributed by atoms with Crippen LogP contribution in [-0.2, 0) is 24.3 Å². The first-order chi connectivity index (χ1) is 14.2. The Morgan fingerprint density at radius 3 is 2.37 bits per heavy atom. The highest BCUT2D eigenvalue weighted by molar-refractivity contribution is 7.89. The maximum absolute atomic E-state index is 12.6. The smallest absolute Gasteiger partial charge is 0.344 e. The summed E-state index contributed by atoms with van der Waals surface area (Å²) < 4.78 is 41.9. The number of hydrogen-bond donors (Lipinski definition) is 1. The molecule has 1 aromatic heterocycles. The molecule has 2 aromatic rings. The molecule has 1 aliphatic heterocycles. The summed E-state index contributed by atoms with van der Waals surface area (Å²) in [6, 6.07) is 5.80. The van der Waals surface area contributed by atoms with Crippen molar-refractivity contribution in [2.75, 3.05) is 31.6 Å². The minimum absolute atomic E-state index is 0.125. The van der Waals surface area contributed by atoms with Crippen LogP contribution in [0.15, 0.2) is 33.7 Å². The molecule has 2 heterocycles. The zero-order valence-electron chi connectivity index (χ0n) is 16.9. The highest BCUT2D eigenvalue weighted by atomic mass is 32.2. The van der Waals surface area contributed by atoms with Crippen LogP contribution in [0.5, 0.6) is 0 Å². The molecule has 0 saturated carbocycles. The molecule has 1 atom stereocenters. The van der Waals surface area contributed by atoms with E-state index < -0.39 is 28.0 Å². The van der Waals surface area contributed by atoms with Crippen molar-refractivity contribution in [2.24, 2.45) is 0 Å². The van der Waals surface area contributed by atoms with Gasteiger partial charge in [0.1, 0.15) is 11.3 Å². The number of ether oxygens (including phenoxy) is 2. The lowest BCUT2D eigenvalue weighted by molar-refractivity contribution is -0.123.